The summed E-state index contributed by atoms with van der Waals surface area (Å²) in [7, 11) is 1.98. The van der Waals surface area contributed by atoms with Gasteiger partial charge in [-0.2, -0.15) is 0 Å². The number of nitrogens with one attached hydrogen (secondary N) is 1. The topological polar surface area (TPSA) is 43.3 Å². The quantitative estimate of drug-likeness (QED) is 0.895. The first-order chi connectivity index (χ1) is 9.24. The average Bonchev–Trinajstić information content (AvgIpc) is 2.83. The summed E-state index contributed by atoms with van der Waals surface area (Å²) < 4.78 is 7.11. The molecule has 4 heteroatoms. The molecule has 1 amide bonds. The van der Waals surface area contributed by atoms with E-state index < -0.39 is 0 Å². The molecule has 0 saturated carbocycles. The Kier molecular flexibility index (Phi) is 4.61. The van der Waals surface area contributed by atoms with E-state index in [1.807, 2.05) is 60.4 Å². The van der Waals surface area contributed by atoms with Crippen molar-refractivity contribution >= 4 is 6.09 Å². The lowest BCUT2D eigenvalue weighted by atomic mass is 10.2. The molecule has 0 unspecified atom stereocenters. The van der Waals surface area contributed by atoms with E-state index in [0.29, 0.717) is 13.2 Å². The predicted molar refractivity (Wildman–Crippen MR) is 73.7 cm³/mol. The fourth-order valence-electron chi connectivity index (χ4n) is 1.79. The van der Waals surface area contributed by atoms with Gasteiger partial charge >= 0.3 is 6.09 Å². The van der Waals surface area contributed by atoms with Crippen LogP contribution in [0.2, 0.25) is 0 Å². The fraction of sp³-hybridized carbons (Fsp3) is 0.267. The van der Waals surface area contributed by atoms with Crippen LogP contribution in [0.25, 0.3) is 0 Å². The lowest BCUT2D eigenvalue weighted by Crippen LogP contribution is -2.26. The number of rotatable bonds is 5. The van der Waals surface area contributed by atoms with E-state index >= 15 is 0 Å². The van der Waals surface area contributed by atoms with Crippen LogP contribution in [0.15, 0.2) is 48.8 Å². The lowest BCUT2D eigenvalue weighted by Gasteiger charge is -2.06. The molecule has 0 fully saturated rings. The molecule has 0 aliphatic rings. The van der Waals surface area contributed by atoms with Crippen LogP contribution in [-0.2, 0) is 24.8 Å². The number of hydrogen-bond donors (Lipinski definition) is 1. The third kappa shape index (κ3) is 4.50. The number of carbonyl (C=O) groups is 1. The number of aromatic nitrogens is 1. The number of hydrogen-bond acceptors (Lipinski definition) is 2. The smallest absolute Gasteiger partial charge is 0.407 e. The van der Waals surface area contributed by atoms with Gasteiger partial charge in [0.05, 0.1) is 0 Å². The standard InChI is InChI=1S/C15H18N2O2/c1-17-10-8-13(11-17)7-9-16-15(18)19-12-14-5-3-2-4-6-14/h2-6,8,10-11H,7,9,12H2,1H3,(H,16,18). The molecule has 0 saturated heterocycles. The van der Waals surface area contributed by atoms with Crippen LogP contribution < -0.4 is 5.32 Å². The van der Waals surface area contributed by atoms with E-state index in [9.17, 15) is 4.79 Å². The third-order valence-electron chi connectivity index (χ3n) is 2.79. The first kappa shape index (κ1) is 13.2. The van der Waals surface area contributed by atoms with Gasteiger partial charge in [-0.25, -0.2) is 4.79 Å². The van der Waals surface area contributed by atoms with Crippen molar-refractivity contribution in [3.8, 4) is 0 Å². The Hall–Kier alpha value is -2.23. The maximum atomic E-state index is 11.5. The van der Waals surface area contributed by atoms with Crippen molar-refractivity contribution in [3.05, 3.63) is 59.9 Å². The monoisotopic (exact) mass is 258 g/mol. The normalized spacial score (nSPS) is 10.2. The number of nitrogens with zero attached hydrogens (tertiary/aromatic N) is 1. The Labute approximate surface area is 113 Å². The Bertz CT molecular complexity index is 520. The summed E-state index contributed by atoms with van der Waals surface area (Å²) in [6.45, 7) is 0.885. The summed E-state index contributed by atoms with van der Waals surface area (Å²) in [5, 5.41) is 2.74. The molecular weight excluding hydrogens is 240 g/mol. The van der Waals surface area contributed by atoms with Gasteiger partial charge in [0, 0.05) is 26.0 Å². The number of ether oxygens (including phenoxy) is 1. The molecule has 4 nitrogen and oxygen atoms in total. The number of benzene rings is 1. The van der Waals surface area contributed by atoms with Gasteiger partial charge in [0.15, 0.2) is 0 Å². The zero-order valence-electron chi connectivity index (χ0n) is 11.0. The molecule has 0 radical (unpaired) electrons. The SMILES string of the molecule is Cn1ccc(CCNC(=O)OCc2ccccc2)c1. The highest BCUT2D eigenvalue weighted by Gasteiger charge is 2.02. The van der Waals surface area contributed by atoms with Crippen molar-refractivity contribution < 1.29 is 9.53 Å². The Morgan fingerprint density at radius 2 is 2.00 bits per heavy atom. The van der Waals surface area contributed by atoms with Crippen LogP contribution in [0.5, 0.6) is 0 Å². The fourth-order valence-corrected chi connectivity index (χ4v) is 1.79. The third-order valence-corrected chi connectivity index (χ3v) is 2.79. The van der Waals surface area contributed by atoms with Gasteiger partial charge in [0.25, 0.3) is 0 Å². The van der Waals surface area contributed by atoms with Crippen LogP contribution in [0.1, 0.15) is 11.1 Å². The van der Waals surface area contributed by atoms with Crippen molar-refractivity contribution in [2.75, 3.05) is 6.54 Å². The van der Waals surface area contributed by atoms with Crippen molar-refractivity contribution in [1.29, 1.82) is 0 Å². The molecule has 100 valence electrons. The maximum Gasteiger partial charge on any atom is 0.407 e. The van der Waals surface area contributed by atoms with Crippen LogP contribution >= 0.6 is 0 Å². The van der Waals surface area contributed by atoms with Gasteiger partial charge in [-0.1, -0.05) is 30.3 Å². The first-order valence-corrected chi connectivity index (χ1v) is 6.29. The number of aryl methyl sites for hydroxylation is 1. The maximum absolute atomic E-state index is 11.5. The summed E-state index contributed by atoms with van der Waals surface area (Å²) in [4.78, 5) is 11.5. The molecule has 0 bridgehead atoms. The van der Waals surface area contributed by atoms with E-state index in [-0.39, 0.29) is 6.09 Å². The van der Waals surface area contributed by atoms with Gasteiger partial charge in [0.2, 0.25) is 0 Å². The minimum atomic E-state index is -0.375. The lowest BCUT2D eigenvalue weighted by molar-refractivity contribution is 0.140. The summed E-state index contributed by atoms with van der Waals surface area (Å²) >= 11 is 0. The minimum absolute atomic E-state index is 0.304. The van der Waals surface area contributed by atoms with Crippen molar-refractivity contribution in [2.45, 2.75) is 13.0 Å². The highest BCUT2D eigenvalue weighted by atomic mass is 16.5. The zero-order chi connectivity index (χ0) is 13.5. The molecule has 19 heavy (non-hydrogen) atoms. The van der Waals surface area contributed by atoms with Crippen LogP contribution in [0, 0.1) is 0 Å². The average molecular weight is 258 g/mol. The van der Waals surface area contributed by atoms with Gasteiger partial charge in [0.1, 0.15) is 6.61 Å². The van der Waals surface area contributed by atoms with E-state index in [1.54, 1.807) is 0 Å². The zero-order valence-corrected chi connectivity index (χ0v) is 11.0. The van der Waals surface area contributed by atoms with E-state index in [2.05, 4.69) is 5.32 Å². The van der Waals surface area contributed by atoms with Crippen molar-refractivity contribution in [1.82, 2.24) is 9.88 Å². The highest BCUT2D eigenvalue weighted by molar-refractivity contribution is 5.67. The van der Waals surface area contributed by atoms with E-state index in [1.165, 1.54) is 5.56 Å². The van der Waals surface area contributed by atoms with Gasteiger partial charge < -0.3 is 14.6 Å². The number of amides is 1. The number of alkyl carbamates (subject to hydrolysis) is 1. The second-order valence-corrected chi connectivity index (χ2v) is 4.42. The van der Waals surface area contributed by atoms with E-state index in [4.69, 9.17) is 4.74 Å². The van der Waals surface area contributed by atoms with Gasteiger partial charge in [-0.3, -0.25) is 0 Å². The van der Waals surface area contributed by atoms with Gasteiger partial charge in [-0.15, -0.1) is 0 Å². The molecule has 0 atom stereocenters. The molecule has 2 rings (SSSR count). The Morgan fingerprint density at radius 3 is 2.68 bits per heavy atom. The molecule has 1 aromatic carbocycles. The molecule has 1 aromatic heterocycles. The minimum Gasteiger partial charge on any atom is -0.445 e. The Morgan fingerprint density at radius 1 is 1.21 bits per heavy atom. The van der Waals surface area contributed by atoms with Crippen LogP contribution in [-0.4, -0.2) is 17.2 Å². The second-order valence-electron chi connectivity index (χ2n) is 4.42. The van der Waals surface area contributed by atoms with Crippen molar-refractivity contribution in [3.63, 3.8) is 0 Å². The highest BCUT2D eigenvalue weighted by Crippen LogP contribution is 2.01. The van der Waals surface area contributed by atoms with Crippen molar-refractivity contribution in [2.24, 2.45) is 7.05 Å². The van der Waals surface area contributed by atoms with E-state index in [0.717, 1.165) is 12.0 Å². The summed E-state index contributed by atoms with van der Waals surface area (Å²) in [5.74, 6) is 0. The molecule has 0 aliphatic carbocycles. The largest absolute Gasteiger partial charge is 0.445 e. The first-order valence-electron chi connectivity index (χ1n) is 6.29. The van der Waals surface area contributed by atoms with Gasteiger partial charge in [-0.05, 0) is 23.6 Å². The van der Waals surface area contributed by atoms with Crippen LogP contribution in [0.4, 0.5) is 4.79 Å². The molecule has 1 N–H and O–H groups in total. The summed E-state index contributed by atoms with van der Waals surface area (Å²) in [6, 6.07) is 11.7. The molecule has 0 spiro atoms. The Balaban J connectivity index is 1.65. The summed E-state index contributed by atoms with van der Waals surface area (Å²) in [5.41, 5.74) is 2.19. The molecular formula is C15H18N2O2. The predicted octanol–water partition coefficient (Wildman–Crippen LogP) is 2.49. The number of carbonyl (C=O) groups excluding carboxylic acids is 1. The van der Waals surface area contributed by atoms with Crippen LogP contribution in [0.3, 0.4) is 0 Å². The molecule has 1 heterocycles. The molecule has 2 aromatic rings. The second kappa shape index (κ2) is 6.64. The molecule has 0 aliphatic heterocycles. The summed E-state index contributed by atoms with van der Waals surface area (Å²) in [6.07, 6.45) is 4.46.